The Morgan fingerprint density at radius 3 is 2.90 bits per heavy atom. The van der Waals surface area contributed by atoms with Crippen LogP contribution >= 0.6 is 15.9 Å². The highest BCUT2D eigenvalue weighted by Gasteiger charge is 2.21. The predicted octanol–water partition coefficient (Wildman–Crippen LogP) is 3.18. The number of halogens is 2. The molecule has 4 rings (SSSR count). The Morgan fingerprint density at radius 1 is 1.30 bits per heavy atom. The molecule has 0 saturated carbocycles. The molecule has 1 aliphatic rings. The molecule has 6 heteroatoms. The minimum absolute atomic E-state index is 0.253. The number of nitrogens with zero attached hydrogens (tertiary/aromatic N) is 2. The number of imidazole rings is 1. The smallest absolute Gasteiger partial charge is 0.137 e. The Labute approximate surface area is 123 Å². The molecule has 0 spiro atoms. The molecular weight excluding hydrogens is 323 g/mol. The molecule has 2 aromatic heterocycles. The second-order valence-corrected chi connectivity index (χ2v) is 6.15. The van der Waals surface area contributed by atoms with E-state index in [0.29, 0.717) is 5.92 Å². The standard InChI is InChI=1S/C14H14BrFN4/c15-11-5-9(16)6-12-13(11)20-14(19-12)10(7-18-20)8-1-3-17-4-2-8/h5-8,17,19H,1-4H2. The number of aromatic nitrogens is 3. The minimum Gasteiger partial charge on any atom is -0.338 e. The lowest BCUT2D eigenvalue weighted by atomic mass is 9.92. The van der Waals surface area contributed by atoms with Gasteiger partial charge in [-0.2, -0.15) is 5.10 Å². The van der Waals surface area contributed by atoms with E-state index >= 15 is 0 Å². The zero-order valence-corrected chi connectivity index (χ0v) is 12.4. The van der Waals surface area contributed by atoms with Gasteiger partial charge in [0.05, 0.1) is 11.7 Å². The third kappa shape index (κ3) is 1.78. The summed E-state index contributed by atoms with van der Waals surface area (Å²) in [5.74, 6) is 0.266. The Morgan fingerprint density at radius 2 is 2.10 bits per heavy atom. The van der Waals surface area contributed by atoms with Gasteiger partial charge in [-0.1, -0.05) is 0 Å². The number of nitrogens with one attached hydrogen (secondary N) is 2. The molecular formula is C14H14BrFN4. The van der Waals surface area contributed by atoms with E-state index in [0.717, 1.165) is 47.1 Å². The van der Waals surface area contributed by atoms with Crippen LogP contribution in [0, 0.1) is 5.82 Å². The van der Waals surface area contributed by atoms with Gasteiger partial charge in [0.15, 0.2) is 0 Å². The fraction of sp³-hybridized carbons (Fsp3) is 0.357. The molecule has 0 radical (unpaired) electrons. The fourth-order valence-electron chi connectivity index (χ4n) is 3.09. The van der Waals surface area contributed by atoms with E-state index in [1.54, 1.807) is 0 Å². The molecule has 0 aliphatic carbocycles. The first-order valence-corrected chi connectivity index (χ1v) is 7.58. The second kappa shape index (κ2) is 4.56. The van der Waals surface area contributed by atoms with Gasteiger partial charge >= 0.3 is 0 Å². The van der Waals surface area contributed by atoms with Crippen LogP contribution in [0.15, 0.2) is 22.8 Å². The lowest BCUT2D eigenvalue weighted by Gasteiger charge is -2.21. The first kappa shape index (κ1) is 12.3. The lowest BCUT2D eigenvalue weighted by Crippen LogP contribution is -2.26. The van der Waals surface area contributed by atoms with Crippen LogP contribution in [-0.2, 0) is 0 Å². The van der Waals surface area contributed by atoms with Gasteiger partial charge in [0.2, 0.25) is 0 Å². The van der Waals surface area contributed by atoms with Gasteiger partial charge in [0, 0.05) is 10.0 Å². The summed E-state index contributed by atoms with van der Waals surface area (Å²) in [6, 6.07) is 2.99. The van der Waals surface area contributed by atoms with Gasteiger partial charge in [0.25, 0.3) is 0 Å². The van der Waals surface area contributed by atoms with Crippen LogP contribution in [0.2, 0.25) is 0 Å². The van der Waals surface area contributed by atoms with Crippen LogP contribution in [0.1, 0.15) is 24.3 Å². The van der Waals surface area contributed by atoms with E-state index in [1.807, 2.05) is 10.7 Å². The van der Waals surface area contributed by atoms with Crippen molar-refractivity contribution in [2.24, 2.45) is 0 Å². The van der Waals surface area contributed by atoms with Crippen molar-refractivity contribution in [2.75, 3.05) is 13.1 Å². The summed E-state index contributed by atoms with van der Waals surface area (Å²) in [7, 11) is 0. The van der Waals surface area contributed by atoms with Crippen LogP contribution < -0.4 is 5.32 Å². The SMILES string of the molecule is Fc1cc(Br)c2c(c1)[nH]c1c(C3CCNCC3)cnn12. The van der Waals surface area contributed by atoms with Gasteiger partial charge in [0.1, 0.15) is 17.0 Å². The van der Waals surface area contributed by atoms with Gasteiger partial charge in [-0.05, 0) is 59.9 Å². The predicted molar refractivity (Wildman–Crippen MR) is 79.6 cm³/mol. The quantitative estimate of drug-likeness (QED) is 0.716. The molecule has 3 heterocycles. The maximum absolute atomic E-state index is 13.5. The number of aromatic amines is 1. The summed E-state index contributed by atoms with van der Waals surface area (Å²) in [5.41, 5.74) is 3.88. The number of rotatable bonds is 1. The molecule has 1 fully saturated rings. The summed E-state index contributed by atoms with van der Waals surface area (Å²) in [4.78, 5) is 3.32. The number of benzene rings is 1. The first-order chi connectivity index (χ1) is 9.74. The van der Waals surface area contributed by atoms with Gasteiger partial charge in [-0.25, -0.2) is 8.91 Å². The van der Waals surface area contributed by atoms with E-state index in [2.05, 4.69) is 31.3 Å². The summed E-state index contributed by atoms with van der Waals surface area (Å²) < 4.78 is 16.1. The number of fused-ring (bicyclic) bond motifs is 3. The molecule has 1 aliphatic heterocycles. The minimum atomic E-state index is -0.253. The molecule has 2 N–H and O–H groups in total. The fourth-order valence-corrected chi connectivity index (χ4v) is 3.69. The summed E-state index contributed by atoms with van der Waals surface area (Å²) in [5, 5.41) is 7.86. The van der Waals surface area contributed by atoms with Gasteiger partial charge in [-0.15, -0.1) is 0 Å². The number of hydrogen-bond acceptors (Lipinski definition) is 2. The van der Waals surface area contributed by atoms with Crippen LogP contribution in [0.3, 0.4) is 0 Å². The highest BCUT2D eigenvalue weighted by Crippen LogP contribution is 2.32. The molecule has 0 atom stereocenters. The summed E-state index contributed by atoms with van der Waals surface area (Å²) in [6.07, 6.45) is 4.18. The van der Waals surface area contributed by atoms with E-state index < -0.39 is 0 Å². The average Bonchev–Trinajstić information content (AvgIpc) is 2.97. The monoisotopic (exact) mass is 336 g/mol. The largest absolute Gasteiger partial charge is 0.338 e. The van der Waals surface area contributed by atoms with Crippen molar-refractivity contribution in [3.8, 4) is 0 Å². The van der Waals surface area contributed by atoms with Crippen molar-refractivity contribution >= 4 is 32.6 Å². The molecule has 104 valence electrons. The molecule has 0 amide bonds. The molecule has 0 unspecified atom stereocenters. The average molecular weight is 337 g/mol. The highest BCUT2D eigenvalue weighted by atomic mass is 79.9. The lowest BCUT2D eigenvalue weighted by molar-refractivity contribution is 0.462. The van der Waals surface area contributed by atoms with E-state index in [4.69, 9.17) is 0 Å². The third-order valence-electron chi connectivity index (χ3n) is 4.07. The third-order valence-corrected chi connectivity index (χ3v) is 4.67. The molecule has 1 saturated heterocycles. The van der Waals surface area contributed by atoms with E-state index in [9.17, 15) is 4.39 Å². The maximum atomic E-state index is 13.5. The zero-order valence-electron chi connectivity index (χ0n) is 10.8. The van der Waals surface area contributed by atoms with Crippen LogP contribution in [-0.4, -0.2) is 27.7 Å². The number of hydrogen-bond donors (Lipinski definition) is 2. The first-order valence-electron chi connectivity index (χ1n) is 6.79. The van der Waals surface area contributed by atoms with E-state index in [-0.39, 0.29) is 5.82 Å². The summed E-state index contributed by atoms with van der Waals surface area (Å²) in [6.45, 7) is 2.08. The summed E-state index contributed by atoms with van der Waals surface area (Å²) >= 11 is 3.42. The van der Waals surface area contributed by atoms with E-state index in [1.165, 1.54) is 17.7 Å². The Kier molecular flexibility index (Phi) is 2.82. The molecule has 20 heavy (non-hydrogen) atoms. The molecule has 0 bridgehead atoms. The molecule has 1 aromatic carbocycles. The van der Waals surface area contributed by atoms with Crippen LogP contribution in [0.5, 0.6) is 0 Å². The van der Waals surface area contributed by atoms with Crippen LogP contribution in [0.25, 0.3) is 16.7 Å². The Hall–Kier alpha value is -1.40. The van der Waals surface area contributed by atoms with Gasteiger partial charge < -0.3 is 10.3 Å². The highest BCUT2D eigenvalue weighted by molar-refractivity contribution is 9.10. The van der Waals surface area contributed by atoms with Crippen molar-refractivity contribution < 1.29 is 4.39 Å². The number of piperidine rings is 1. The number of H-pyrrole nitrogens is 1. The molecule has 4 nitrogen and oxygen atoms in total. The molecule has 3 aromatic rings. The maximum Gasteiger partial charge on any atom is 0.137 e. The van der Waals surface area contributed by atoms with Crippen molar-refractivity contribution in [3.63, 3.8) is 0 Å². The van der Waals surface area contributed by atoms with Crippen LogP contribution in [0.4, 0.5) is 4.39 Å². The van der Waals surface area contributed by atoms with Crippen molar-refractivity contribution in [2.45, 2.75) is 18.8 Å². The topological polar surface area (TPSA) is 45.1 Å². The Bertz CT molecular complexity index is 785. The zero-order chi connectivity index (χ0) is 13.7. The Balaban J connectivity index is 1.94. The second-order valence-electron chi connectivity index (χ2n) is 5.29. The van der Waals surface area contributed by atoms with Crippen molar-refractivity contribution in [3.05, 3.63) is 34.2 Å². The van der Waals surface area contributed by atoms with Gasteiger partial charge in [-0.3, -0.25) is 0 Å². The normalized spacial score (nSPS) is 17.3. The van der Waals surface area contributed by atoms with Crippen molar-refractivity contribution in [1.82, 2.24) is 19.9 Å². The van der Waals surface area contributed by atoms with Crippen molar-refractivity contribution in [1.29, 1.82) is 0 Å².